The van der Waals surface area contributed by atoms with Crippen LogP contribution in [0, 0.1) is 5.82 Å². The second kappa shape index (κ2) is 7.06. The Morgan fingerprint density at radius 2 is 1.96 bits per heavy atom. The van der Waals surface area contributed by atoms with E-state index in [0.29, 0.717) is 29.6 Å². The molecule has 0 unspecified atom stereocenters. The highest BCUT2D eigenvalue weighted by molar-refractivity contribution is 6.15. The van der Waals surface area contributed by atoms with Gasteiger partial charge in [0, 0.05) is 12.6 Å². The van der Waals surface area contributed by atoms with Crippen molar-refractivity contribution in [1.82, 2.24) is 4.90 Å². The summed E-state index contributed by atoms with van der Waals surface area (Å²) in [5.74, 6) is 1.09. The second-order valence-corrected chi connectivity index (χ2v) is 7.73. The van der Waals surface area contributed by atoms with Gasteiger partial charge in [-0.25, -0.2) is 4.39 Å². The summed E-state index contributed by atoms with van der Waals surface area (Å²) in [4.78, 5) is 15.2. The summed E-state index contributed by atoms with van der Waals surface area (Å²) in [5.41, 5.74) is 2.09. The number of carbonyl (C=O) groups is 1. The number of halogens is 1. The van der Waals surface area contributed by atoms with Gasteiger partial charge in [-0.05, 0) is 48.7 Å². The van der Waals surface area contributed by atoms with Gasteiger partial charge >= 0.3 is 0 Å². The number of carbonyl (C=O) groups excluding carboxylic acids is 1. The molecule has 0 spiro atoms. The smallest absolute Gasteiger partial charge is 0.231 e. The lowest BCUT2D eigenvalue weighted by Gasteiger charge is -2.37. The van der Waals surface area contributed by atoms with Gasteiger partial charge in [0.1, 0.15) is 24.0 Å². The van der Waals surface area contributed by atoms with Crippen molar-refractivity contribution in [3.63, 3.8) is 0 Å². The molecule has 1 saturated carbocycles. The molecule has 1 aliphatic carbocycles. The Hall–Kier alpha value is -2.66. The summed E-state index contributed by atoms with van der Waals surface area (Å²) < 4.78 is 25.4. The Labute approximate surface area is 163 Å². The fourth-order valence-corrected chi connectivity index (χ4v) is 4.40. The van der Waals surface area contributed by atoms with Crippen molar-refractivity contribution in [3.05, 3.63) is 64.7 Å². The average molecular weight is 379 g/mol. The normalized spacial score (nSPS) is 21.2. The minimum atomic E-state index is -0.341. The first-order chi connectivity index (χ1) is 13.7. The topological polar surface area (TPSA) is 38.8 Å². The molecule has 1 fully saturated rings. The molecule has 2 heterocycles. The fourth-order valence-electron chi connectivity index (χ4n) is 4.40. The van der Waals surface area contributed by atoms with Gasteiger partial charge in [0.25, 0.3) is 0 Å². The van der Waals surface area contributed by atoms with Crippen molar-refractivity contribution in [2.24, 2.45) is 0 Å². The molecule has 0 bridgehead atoms. The van der Waals surface area contributed by atoms with Gasteiger partial charge in [-0.1, -0.05) is 31.4 Å². The number of ketones is 1. The highest BCUT2D eigenvalue weighted by atomic mass is 19.1. The molecular weight excluding hydrogens is 357 g/mol. The van der Waals surface area contributed by atoms with Crippen LogP contribution < -0.4 is 9.47 Å². The standard InChI is InChI=1S/C23H22FNO3/c24-16-6-4-5-15(11-16)12-21-22(26)18-9-10-20-19(23(18)28-21)13-25(14-27-20)17-7-2-1-3-8-17/h4-6,9-12,17H,1-3,7-8,13-14H2/b21-12+. The first kappa shape index (κ1) is 17.4. The lowest BCUT2D eigenvalue weighted by atomic mass is 9.93. The monoisotopic (exact) mass is 379 g/mol. The predicted molar refractivity (Wildman–Crippen MR) is 104 cm³/mol. The average Bonchev–Trinajstić information content (AvgIpc) is 3.04. The maximum absolute atomic E-state index is 13.5. The van der Waals surface area contributed by atoms with Crippen molar-refractivity contribution in [3.8, 4) is 11.5 Å². The van der Waals surface area contributed by atoms with E-state index in [1.165, 1.54) is 44.2 Å². The van der Waals surface area contributed by atoms with Crippen LogP contribution in [0.4, 0.5) is 4.39 Å². The number of Topliss-reactive ketones (excluding diaryl/α,β-unsaturated/α-hetero) is 1. The van der Waals surface area contributed by atoms with Crippen LogP contribution in [0.2, 0.25) is 0 Å². The van der Waals surface area contributed by atoms with Crippen LogP contribution >= 0.6 is 0 Å². The quantitative estimate of drug-likeness (QED) is 0.694. The number of allylic oxidation sites excluding steroid dienone is 1. The predicted octanol–water partition coefficient (Wildman–Crippen LogP) is 4.93. The van der Waals surface area contributed by atoms with Gasteiger partial charge in [-0.15, -0.1) is 0 Å². The van der Waals surface area contributed by atoms with Crippen LogP contribution in [0.5, 0.6) is 11.5 Å². The van der Waals surface area contributed by atoms with Gasteiger partial charge in [-0.2, -0.15) is 0 Å². The zero-order valence-electron chi connectivity index (χ0n) is 15.6. The van der Waals surface area contributed by atoms with Gasteiger partial charge in [0.2, 0.25) is 5.78 Å². The fraction of sp³-hybridized carbons (Fsp3) is 0.348. The van der Waals surface area contributed by atoms with Crippen molar-refractivity contribution in [1.29, 1.82) is 0 Å². The molecule has 3 aliphatic rings. The minimum Gasteiger partial charge on any atom is -0.478 e. The van der Waals surface area contributed by atoms with E-state index in [-0.39, 0.29) is 17.4 Å². The molecule has 28 heavy (non-hydrogen) atoms. The number of ether oxygens (including phenoxy) is 2. The number of benzene rings is 2. The molecule has 4 nitrogen and oxygen atoms in total. The lowest BCUT2D eigenvalue weighted by molar-refractivity contribution is 0.0394. The maximum Gasteiger partial charge on any atom is 0.231 e. The number of hydrogen-bond donors (Lipinski definition) is 0. The zero-order chi connectivity index (χ0) is 19.1. The van der Waals surface area contributed by atoms with Crippen molar-refractivity contribution >= 4 is 11.9 Å². The van der Waals surface area contributed by atoms with E-state index < -0.39 is 0 Å². The van der Waals surface area contributed by atoms with Crippen molar-refractivity contribution in [2.45, 2.75) is 44.7 Å². The molecule has 2 aliphatic heterocycles. The van der Waals surface area contributed by atoms with Crippen LogP contribution in [-0.2, 0) is 6.54 Å². The van der Waals surface area contributed by atoms with Crippen LogP contribution in [0.3, 0.4) is 0 Å². The van der Waals surface area contributed by atoms with E-state index in [1.54, 1.807) is 24.3 Å². The summed E-state index contributed by atoms with van der Waals surface area (Å²) in [6.07, 6.45) is 7.81. The summed E-state index contributed by atoms with van der Waals surface area (Å²) in [5, 5.41) is 0. The third-order valence-electron chi connectivity index (χ3n) is 5.88. The molecule has 2 aromatic carbocycles. The van der Waals surface area contributed by atoms with Gasteiger partial charge in [-0.3, -0.25) is 9.69 Å². The highest BCUT2D eigenvalue weighted by Gasteiger charge is 2.35. The molecule has 144 valence electrons. The number of rotatable bonds is 2. The third kappa shape index (κ3) is 3.10. The van der Waals surface area contributed by atoms with Gasteiger partial charge in [0.05, 0.1) is 11.1 Å². The van der Waals surface area contributed by atoms with Crippen LogP contribution in [0.1, 0.15) is 53.6 Å². The van der Waals surface area contributed by atoms with E-state index in [0.717, 1.165) is 17.9 Å². The van der Waals surface area contributed by atoms with Crippen LogP contribution in [-0.4, -0.2) is 23.5 Å². The SMILES string of the molecule is O=C1/C(=C\c2cccc(F)c2)Oc2c1ccc1c2CN(C2CCCCC2)CO1. The molecule has 0 atom stereocenters. The van der Waals surface area contributed by atoms with E-state index in [2.05, 4.69) is 4.90 Å². The Kier molecular flexibility index (Phi) is 4.40. The van der Waals surface area contributed by atoms with Crippen molar-refractivity contribution in [2.75, 3.05) is 6.73 Å². The molecule has 0 saturated heterocycles. The number of fused-ring (bicyclic) bond motifs is 3. The molecule has 5 rings (SSSR count). The van der Waals surface area contributed by atoms with Crippen LogP contribution in [0.25, 0.3) is 6.08 Å². The Balaban J connectivity index is 1.45. The minimum absolute atomic E-state index is 0.170. The largest absolute Gasteiger partial charge is 0.478 e. The molecule has 0 amide bonds. The second-order valence-electron chi connectivity index (χ2n) is 7.73. The van der Waals surface area contributed by atoms with Gasteiger partial charge in [0.15, 0.2) is 5.76 Å². The van der Waals surface area contributed by atoms with Gasteiger partial charge < -0.3 is 9.47 Å². The number of nitrogens with zero attached hydrogens (tertiary/aromatic N) is 1. The first-order valence-corrected chi connectivity index (χ1v) is 9.91. The third-order valence-corrected chi connectivity index (χ3v) is 5.88. The molecule has 0 radical (unpaired) electrons. The molecule has 0 aromatic heterocycles. The summed E-state index contributed by atoms with van der Waals surface area (Å²) in [6, 6.07) is 10.3. The zero-order valence-corrected chi connectivity index (χ0v) is 15.6. The Morgan fingerprint density at radius 1 is 1.11 bits per heavy atom. The Morgan fingerprint density at radius 3 is 2.79 bits per heavy atom. The molecule has 2 aromatic rings. The molecular formula is C23H22FNO3. The summed E-state index contributed by atoms with van der Waals surface area (Å²) in [6.45, 7) is 1.31. The van der Waals surface area contributed by atoms with E-state index in [1.807, 2.05) is 6.07 Å². The van der Waals surface area contributed by atoms with E-state index >= 15 is 0 Å². The first-order valence-electron chi connectivity index (χ1n) is 9.91. The summed E-state index contributed by atoms with van der Waals surface area (Å²) >= 11 is 0. The van der Waals surface area contributed by atoms with E-state index in [4.69, 9.17) is 9.47 Å². The van der Waals surface area contributed by atoms with Crippen molar-refractivity contribution < 1.29 is 18.7 Å². The maximum atomic E-state index is 13.5. The Bertz CT molecular complexity index is 962. The lowest BCUT2D eigenvalue weighted by Crippen LogP contribution is -2.41. The molecule has 5 heteroatoms. The highest BCUT2D eigenvalue weighted by Crippen LogP contribution is 2.43. The summed E-state index contributed by atoms with van der Waals surface area (Å²) in [7, 11) is 0. The van der Waals surface area contributed by atoms with Crippen LogP contribution in [0.15, 0.2) is 42.2 Å². The number of hydrogen-bond acceptors (Lipinski definition) is 4. The van der Waals surface area contributed by atoms with E-state index in [9.17, 15) is 9.18 Å². The molecule has 0 N–H and O–H groups in total.